The van der Waals surface area contributed by atoms with Crippen LogP contribution in [0.15, 0.2) is 52.6 Å². The Morgan fingerprint density at radius 3 is 2.88 bits per heavy atom. The zero-order valence-electron chi connectivity index (χ0n) is 13.6. The molecule has 0 fully saturated rings. The monoisotopic (exact) mass is 352 g/mol. The molecule has 0 saturated carbocycles. The van der Waals surface area contributed by atoms with Gasteiger partial charge in [-0.15, -0.1) is 11.3 Å². The van der Waals surface area contributed by atoms with Crippen molar-refractivity contribution in [2.24, 2.45) is 0 Å². The van der Waals surface area contributed by atoms with Gasteiger partial charge in [-0.3, -0.25) is 14.3 Å². The Kier molecular flexibility index (Phi) is 3.85. The SMILES string of the molecule is Cc1cc(=O)nc2c3ccccc3n(CC(=O)NCc3cccs3)n12. The van der Waals surface area contributed by atoms with E-state index in [2.05, 4.69) is 10.3 Å². The van der Waals surface area contributed by atoms with E-state index < -0.39 is 0 Å². The molecule has 25 heavy (non-hydrogen) atoms. The highest BCUT2D eigenvalue weighted by atomic mass is 32.1. The van der Waals surface area contributed by atoms with E-state index in [4.69, 9.17) is 0 Å². The highest BCUT2D eigenvalue weighted by molar-refractivity contribution is 7.09. The minimum atomic E-state index is -0.275. The lowest BCUT2D eigenvalue weighted by Gasteiger charge is -2.10. The number of hydrogen-bond acceptors (Lipinski definition) is 4. The lowest BCUT2D eigenvalue weighted by Crippen LogP contribution is -2.28. The number of benzene rings is 1. The molecule has 3 heterocycles. The first-order valence-corrected chi connectivity index (χ1v) is 8.78. The van der Waals surface area contributed by atoms with Gasteiger partial charge in [-0.25, -0.2) is 4.52 Å². The average Bonchev–Trinajstić information content (AvgIpc) is 3.21. The number of carbonyl (C=O) groups is 1. The van der Waals surface area contributed by atoms with Crippen LogP contribution in [0.25, 0.3) is 16.6 Å². The van der Waals surface area contributed by atoms with Crippen LogP contribution in [0.4, 0.5) is 0 Å². The third-order valence-electron chi connectivity index (χ3n) is 4.08. The number of hydrogen-bond donors (Lipinski definition) is 1. The van der Waals surface area contributed by atoms with E-state index in [1.165, 1.54) is 6.07 Å². The van der Waals surface area contributed by atoms with E-state index >= 15 is 0 Å². The molecule has 0 radical (unpaired) electrons. The molecule has 0 unspecified atom stereocenters. The van der Waals surface area contributed by atoms with Crippen molar-refractivity contribution in [3.05, 3.63) is 68.8 Å². The third kappa shape index (κ3) is 2.83. The summed E-state index contributed by atoms with van der Waals surface area (Å²) in [5.74, 6) is -0.0887. The fraction of sp³-hybridized carbons (Fsp3) is 0.167. The smallest absolute Gasteiger partial charge is 0.273 e. The van der Waals surface area contributed by atoms with Crippen molar-refractivity contribution in [3.8, 4) is 0 Å². The second-order valence-electron chi connectivity index (χ2n) is 5.80. The molecule has 0 spiro atoms. The summed E-state index contributed by atoms with van der Waals surface area (Å²) < 4.78 is 3.69. The molecule has 3 aromatic heterocycles. The molecule has 0 saturated heterocycles. The van der Waals surface area contributed by atoms with Gasteiger partial charge in [0.2, 0.25) is 5.91 Å². The Morgan fingerprint density at radius 2 is 2.08 bits per heavy atom. The predicted octanol–water partition coefficient (Wildman–Crippen LogP) is 2.34. The number of carbonyl (C=O) groups excluding carboxylic acids is 1. The molecular weight excluding hydrogens is 336 g/mol. The third-order valence-corrected chi connectivity index (χ3v) is 4.96. The number of thiophene rings is 1. The van der Waals surface area contributed by atoms with Crippen LogP contribution in [-0.2, 0) is 17.9 Å². The van der Waals surface area contributed by atoms with E-state index in [0.29, 0.717) is 12.2 Å². The maximum absolute atomic E-state index is 12.4. The Balaban J connectivity index is 1.75. The molecule has 0 aliphatic rings. The van der Waals surface area contributed by atoms with Crippen LogP contribution in [0.1, 0.15) is 10.6 Å². The Bertz CT molecular complexity index is 1130. The fourth-order valence-electron chi connectivity index (χ4n) is 3.01. The second-order valence-corrected chi connectivity index (χ2v) is 6.83. The Morgan fingerprint density at radius 1 is 1.24 bits per heavy atom. The van der Waals surface area contributed by atoms with Crippen LogP contribution in [0.2, 0.25) is 0 Å². The number of nitrogens with zero attached hydrogens (tertiary/aromatic N) is 3. The zero-order valence-corrected chi connectivity index (χ0v) is 14.4. The average molecular weight is 352 g/mol. The normalized spacial score (nSPS) is 11.2. The van der Waals surface area contributed by atoms with E-state index in [1.54, 1.807) is 11.3 Å². The van der Waals surface area contributed by atoms with Crippen molar-refractivity contribution in [2.45, 2.75) is 20.0 Å². The summed E-state index contributed by atoms with van der Waals surface area (Å²) in [7, 11) is 0. The largest absolute Gasteiger partial charge is 0.350 e. The first-order chi connectivity index (χ1) is 12.1. The van der Waals surface area contributed by atoms with Crippen LogP contribution < -0.4 is 10.9 Å². The van der Waals surface area contributed by atoms with Gasteiger partial charge in [-0.05, 0) is 30.5 Å². The molecule has 1 N–H and O–H groups in total. The zero-order chi connectivity index (χ0) is 17.4. The molecule has 0 aliphatic carbocycles. The molecule has 7 heteroatoms. The quantitative estimate of drug-likeness (QED) is 0.613. The van der Waals surface area contributed by atoms with Crippen LogP contribution >= 0.6 is 11.3 Å². The minimum absolute atomic E-state index is 0.0887. The number of amides is 1. The van der Waals surface area contributed by atoms with Gasteiger partial charge in [0.05, 0.1) is 12.1 Å². The number of aromatic nitrogens is 3. The molecule has 1 amide bonds. The van der Waals surface area contributed by atoms with Gasteiger partial charge in [-0.2, -0.15) is 4.98 Å². The van der Waals surface area contributed by atoms with Gasteiger partial charge in [0.15, 0.2) is 5.65 Å². The van der Waals surface area contributed by atoms with Crippen molar-refractivity contribution < 1.29 is 4.79 Å². The minimum Gasteiger partial charge on any atom is -0.350 e. The fourth-order valence-corrected chi connectivity index (χ4v) is 3.66. The highest BCUT2D eigenvalue weighted by Gasteiger charge is 2.15. The summed E-state index contributed by atoms with van der Waals surface area (Å²) in [6.07, 6.45) is 0. The predicted molar refractivity (Wildman–Crippen MR) is 97.9 cm³/mol. The maximum atomic E-state index is 12.4. The molecule has 126 valence electrons. The van der Waals surface area contributed by atoms with E-state index in [-0.39, 0.29) is 18.0 Å². The number of para-hydroxylation sites is 1. The lowest BCUT2D eigenvalue weighted by molar-refractivity contribution is -0.122. The van der Waals surface area contributed by atoms with Crippen LogP contribution in [-0.4, -0.2) is 20.1 Å². The summed E-state index contributed by atoms with van der Waals surface area (Å²) in [4.78, 5) is 29.5. The summed E-state index contributed by atoms with van der Waals surface area (Å²) in [6, 6.07) is 13.1. The van der Waals surface area contributed by atoms with Crippen molar-refractivity contribution in [2.75, 3.05) is 0 Å². The number of nitrogens with one attached hydrogen (secondary N) is 1. The molecule has 1 aromatic carbocycles. The van der Waals surface area contributed by atoms with E-state index in [9.17, 15) is 9.59 Å². The Hall–Kier alpha value is -2.93. The summed E-state index contributed by atoms with van der Waals surface area (Å²) >= 11 is 1.61. The summed E-state index contributed by atoms with van der Waals surface area (Å²) in [5.41, 5.74) is 1.92. The first kappa shape index (κ1) is 15.6. The molecular formula is C18H16N4O2S. The highest BCUT2D eigenvalue weighted by Crippen LogP contribution is 2.21. The molecule has 0 bridgehead atoms. The maximum Gasteiger partial charge on any atom is 0.273 e. The van der Waals surface area contributed by atoms with Crippen molar-refractivity contribution in [1.29, 1.82) is 0 Å². The molecule has 4 aromatic rings. The van der Waals surface area contributed by atoms with Crippen LogP contribution in [0, 0.1) is 6.92 Å². The van der Waals surface area contributed by atoms with Crippen LogP contribution in [0.3, 0.4) is 0 Å². The van der Waals surface area contributed by atoms with E-state index in [0.717, 1.165) is 21.5 Å². The lowest BCUT2D eigenvalue weighted by atomic mass is 10.2. The second kappa shape index (κ2) is 6.18. The summed E-state index contributed by atoms with van der Waals surface area (Å²) in [5, 5.41) is 5.78. The van der Waals surface area contributed by atoms with Crippen molar-refractivity contribution in [1.82, 2.24) is 19.5 Å². The van der Waals surface area contributed by atoms with Gasteiger partial charge in [0.25, 0.3) is 5.56 Å². The van der Waals surface area contributed by atoms with Gasteiger partial charge in [0.1, 0.15) is 6.54 Å². The number of fused-ring (bicyclic) bond motifs is 3. The van der Waals surface area contributed by atoms with Crippen molar-refractivity contribution in [3.63, 3.8) is 0 Å². The molecule has 0 atom stereocenters. The van der Waals surface area contributed by atoms with Gasteiger partial charge in [-0.1, -0.05) is 18.2 Å². The van der Waals surface area contributed by atoms with Gasteiger partial charge < -0.3 is 5.32 Å². The number of aryl methyl sites for hydroxylation is 1. The number of rotatable bonds is 4. The van der Waals surface area contributed by atoms with Gasteiger partial charge in [0, 0.05) is 22.0 Å². The Labute approximate surface area is 147 Å². The van der Waals surface area contributed by atoms with Gasteiger partial charge >= 0.3 is 0 Å². The first-order valence-electron chi connectivity index (χ1n) is 7.90. The molecule has 0 aliphatic heterocycles. The topological polar surface area (TPSA) is 68.4 Å². The molecule has 6 nitrogen and oxygen atoms in total. The summed E-state index contributed by atoms with van der Waals surface area (Å²) in [6.45, 7) is 2.51. The van der Waals surface area contributed by atoms with E-state index in [1.807, 2.05) is 57.9 Å². The standard InChI is InChI=1S/C18H16N4O2S/c1-12-9-16(23)20-18-14-6-2-3-7-15(14)21(22(12)18)11-17(24)19-10-13-5-4-8-25-13/h2-9H,10-11H2,1H3,(H,19,24). The van der Waals surface area contributed by atoms with Crippen molar-refractivity contribution >= 4 is 33.8 Å². The molecule has 4 rings (SSSR count). The van der Waals surface area contributed by atoms with Crippen LogP contribution in [0.5, 0.6) is 0 Å².